The van der Waals surface area contributed by atoms with Crippen LogP contribution in [0, 0.1) is 29.1 Å². The summed E-state index contributed by atoms with van der Waals surface area (Å²) in [5.74, 6) is 4.70. The van der Waals surface area contributed by atoms with Crippen molar-refractivity contribution in [3.63, 3.8) is 0 Å². The second-order valence-electron chi connectivity index (χ2n) is 6.74. The fourth-order valence-corrected chi connectivity index (χ4v) is 5.97. The number of hydrogen-bond acceptors (Lipinski definition) is 0. The summed E-state index contributed by atoms with van der Waals surface area (Å²) >= 11 is 0. The second-order valence-corrected chi connectivity index (χ2v) is 6.74. The maximum absolute atomic E-state index is 1.63. The topological polar surface area (TPSA) is 0 Å². The van der Waals surface area contributed by atoms with E-state index in [1.54, 1.807) is 57.8 Å². The maximum Gasteiger partial charge on any atom is -0.0240 e. The first-order valence-corrected chi connectivity index (χ1v) is 6.87. The van der Waals surface area contributed by atoms with Crippen molar-refractivity contribution in [2.24, 2.45) is 29.1 Å². The lowest BCUT2D eigenvalue weighted by molar-refractivity contribution is -0.105. The van der Waals surface area contributed by atoms with Crippen molar-refractivity contribution in [1.82, 2.24) is 0 Å². The van der Waals surface area contributed by atoms with Crippen LogP contribution in [0.3, 0.4) is 0 Å². The molecule has 5 saturated carbocycles. The Morgan fingerprint density at radius 2 is 1.14 bits per heavy atom. The molecule has 4 bridgehead atoms. The van der Waals surface area contributed by atoms with Crippen LogP contribution in [0.5, 0.6) is 0 Å². The molecule has 14 heavy (non-hydrogen) atoms. The third-order valence-corrected chi connectivity index (χ3v) is 6.30. The molecule has 1 spiro atoms. The lowest BCUT2D eigenvalue weighted by Crippen LogP contribution is -2.51. The molecule has 0 aliphatic heterocycles. The summed E-state index contributed by atoms with van der Waals surface area (Å²) in [4.78, 5) is 0. The molecule has 0 amide bonds. The average Bonchev–Trinajstić information content (AvgIpc) is 2.63. The van der Waals surface area contributed by atoms with E-state index >= 15 is 0 Å². The van der Waals surface area contributed by atoms with E-state index in [0.29, 0.717) is 0 Å². The lowest BCUT2D eigenvalue weighted by Gasteiger charge is -2.60. The van der Waals surface area contributed by atoms with Crippen LogP contribution < -0.4 is 0 Å². The van der Waals surface area contributed by atoms with Gasteiger partial charge in [0.15, 0.2) is 0 Å². The zero-order valence-corrected chi connectivity index (χ0v) is 9.17. The molecule has 0 aromatic carbocycles. The maximum atomic E-state index is 1.63. The molecule has 0 atom stereocenters. The Morgan fingerprint density at radius 1 is 0.643 bits per heavy atom. The minimum absolute atomic E-state index is 0.896. The fourth-order valence-electron chi connectivity index (χ4n) is 5.97. The molecule has 0 N–H and O–H groups in total. The van der Waals surface area contributed by atoms with E-state index in [2.05, 4.69) is 0 Å². The van der Waals surface area contributed by atoms with E-state index < -0.39 is 0 Å². The van der Waals surface area contributed by atoms with Crippen molar-refractivity contribution < 1.29 is 0 Å². The Morgan fingerprint density at radius 3 is 1.64 bits per heavy atom. The molecule has 0 aromatic heterocycles. The molecular weight excluding hydrogens is 168 g/mol. The monoisotopic (exact) mass is 190 g/mol. The van der Waals surface area contributed by atoms with Crippen molar-refractivity contribution in [3.8, 4) is 0 Å². The van der Waals surface area contributed by atoms with E-state index in [4.69, 9.17) is 0 Å². The third-order valence-electron chi connectivity index (χ3n) is 6.30. The Labute approximate surface area is 87.5 Å². The predicted molar refractivity (Wildman–Crippen MR) is 57.9 cm³/mol. The van der Waals surface area contributed by atoms with E-state index in [9.17, 15) is 0 Å². The highest BCUT2D eigenvalue weighted by molar-refractivity contribution is 5.07. The first-order valence-electron chi connectivity index (χ1n) is 6.87. The van der Waals surface area contributed by atoms with Gasteiger partial charge < -0.3 is 0 Å². The smallest absolute Gasteiger partial charge is 0.0240 e. The van der Waals surface area contributed by atoms with Gasteiger partial charge in [0.1, 0.15) is 0 Å². The SMILES string of the molecule is C1CCC2(C1)C1CC3CC(C1)CC2C3. The molecule has 0 radical (unpaired) electrons. The van der Waals surface area contributed by atoms with Crippen LogP contribution in [0.2, 0.25) is 0 Å². The third kappa shape index (κ3) is 0.864. The van der Waals surface area contributed by atoms with Gasteiger partial charge in [0.05, 0.1) is 0 Å². The van der Waals surface area contributed by atoms with Crippen LogP contribution in [0.15, 0.2) is 0 Å². The van der Waals surface area contributed by atoms with E-state index in [1.807, 2.05) is 0 Å². The van der Waals surface area contributed by atoms with Gasteiger partial charge in [0.2, 0.25) is 0 Å². The van der Waals surface area contributed by atoms with Crippen molar-refractivity contribution in [3.05, 3.63) is 0 Å². The first kappa shape index (κ1) is 8.19. The Hall–Kier alpha value is 0. The van der Waals surface area contributed by atoms with Gasteiger partial charge in [0.25, 0.3) is 0 Å². The summed E-state index contributed by atoms with van der Waals surface area (Å²) in [7, 11) is 0. The zero-order chi connectivity index (χ0) is 9.17. The summed E-state index contributed by atoms with van der Waals surface area (Å²) in [5.41, 5.74) is 0.896. The van der Waals surface area contributed by atoms with Gasteiger partial charge >= 0.3 is 0 Å². The van der Waals surface area contributed by atoms with Crippen molar-refractivity contribution in [2.45, 2.75) is 57.8 Å². The van der Waals surface area contributed by atoms with Crippen molar-refractivity contribution >= 4 is 0 Å². The average molecular weight is 190 g/mol. The van der Waals surface area contributed by atoms with Crippen molar-refractivity contribution in [1.29, 1.82) is 0 Å². The second kappa shape index (κ2) is 2.57. The van der Waals surface area contributed by atoms with Gasteiger partial charge in [-0.1, -0.05) is 12.8 Å². The quantitative estimate of drug-likeness (QED) is 0.541. The van der Waals surface area contributed by atoms with Gasteiger partial charge in [-0.05, 0) is 74.0 Å². The zero-order valence-electron chi connectivity index (χ0n) is 9.17. The standard InChI is InChI=1S/C14H22/c1-2-4-14(3-1)12-6-10-5-11(8-12)9-13(14)7-10/h10-13H,1-9H2. The minimum Gasteiger partial charge on any atom is -0.0527 e. The van der Waals surface area contributed by atoms with Crippen LogP contribution in [-0.2, 0) is 0 Å². The Balaban J connectivity index is 1.73. The van der Waals surface area contributed by atoms with Crippen LogP contribution in [0.1, 0.15) is 57.8 Å². The van der Waals surface area contributed by atoms with Gasteiger partial charge in [-0.3, -0.25) is 0 Å². The molecular formula is C14H22. The van der Waals surface area contributed by atoms with Crippen LogP contribution in [-0.4, -0.2) is 0 Å². The summed E-state index contributed by atoms with van der Waals surface area (Å²) in [6, 6.07) is 0. The number of rotatable bonds is 0. The molecule has 0 nitrogen and oxygen atoms in total. The Kier molecular flexibility index (Phi) is 1.50. The van der Waals surface area contributed by atoms with Gasteiger partial charge in [-0.2, -0.15) is 0 Å². The van der Waals surface area contributed by atoms with Crippen LogP contribution in [0.25, 0.3) is 0 Å². The van der Waals surface area contributed by atoms with E-state index in [-0.39, 0.29) is 0 Å². The Bertz CT molecular complexity index is 217. The molecule has 0 heterocycles. The molecule has 5 aliphatic rings. The van der Waals surface area contributed by atoms with Gasteiger partial charge in [-0.25, -0.2) is 0 Å². The minimum atomic E-state index is 0.896. The summed E-state index contributed by atoms with van der Waals surface area (Å²) in [6.07, 6.45) is 14.5. The largest absolute Gasteiger partial charge is 0.0527 e. The predicted octanol–water partition coefficient (Wildman–Crippen LogP) is 4.00. The van der Waals surface area contributed by atoms with E-state index in [1.165, 1.54) is 23.7 Å². The molecule has 5 rings (SSSR count). The molecule has 0 aromatic rings. The lowest BCUT2D eigenvalue weighted by atomic mass is 9.45. The highest BCUT2D eigenvalue weighted by atomic mass is 14.6. The van der Waals surface area contributed by atoms with Crippen LogP contribution in [0.4, 0.5) is 0 Å². The highest BCUT2D eigenvalue weighted by Crippen LogP contribution is 2.67. The highest BCUT2D eigenvalue weighted by Gasteiger charge is 2.57. The fraction of sp³-hybridized carbons (Fsp3) is 1.00. The summed E-state index contributed by atoms with van der Waals surface area (Å²) in [6.45, 7) is 0. The molecule has 0 saturated heterocycles. The van der Waals surface area contributed by atoms with E-state index in [0.717, 1.165) is 5.41 Å². The number of hydrogen-bond donors (Lipinski definition) is 0. The molecule has 0 unspecified atom stereocenters. The molecule has 0 heteroatoms. The molecule has 78 valence electrons. The molecule has 5 aliphatic carbocycles. The summed E-state index contributed by atoms with van der Waals surface area (Å²) < 4.78 is 0. The normalized spacial score (nSPS) is 53.1. The van der Waals surface area contributed by atoms with Gasteiger partial charge in [0, 0.05) is 0 Å². The molecule has 5 fully saturated rings. The van der Waals surface area contributed by atoms with Crippen molar-refractivity contribution in [2.75, 3.05) is 0 Å². The first-order chi connectivity index (χ1) is 6.87. The summed E-state index contributed by atoms with van der Waals surface area (Å²) in [5, 5.41) is 0. The van der Waals surface area contributed by atoms with Crippen LogP contribution >= 0.6 is 0 Å². The van der Waals surface area contributed by atoms with Gasteiger partial charge in [-0.15, -0.1) is 0 Å².